The maximum absolute atomic E-state index is 14.1. The van der Waals surface area contributed by atoms with E-state index in [-0.39, 0.29) is 24.3 Å². The minimum atomic E-state index is -0.839. The van der Waals surface area contributed by atoms with Gasteiger partial charge >= 0.3 is 6.09 Å². The summed E-state index contributed by atoms with van der Waals surface area (Å²) in [5.41, 5.74) is 6.86. The molecule has 5 aliphatic rings. The van der Waals surface area contributed by atoms with Gasteiger partial charge in [-0.05, 0) is 116 Å². The van der Waals surface area contributed by atoms with Gasteiger partial charge in [0.05, 0.1) is 47.7 Å². The lowest BCUT2D eigenvalue weighted by atomic mass is 9.83. The summed E-state index contributed by atoms with van der Waals surface area (Å²) in [6, 6.07) is 15.0. The van der Waals surface area contributed by atoms with Gasteiger partial charge in [-0.1, -0.05) is 30.3 Å². The number of fused-ring (bicyclic) bond motifs is 2. The Kier molecular flexibility index (Phi) is 10.5. The molecule has 0 bridgehead atoms. The molecule has 4 fully saturated rings. The number of aromatic nitrogens is 4. The molecule has 13 nitrogen and oxygen atoms in total. The maximum atomic E-state index is 14.1. The van der Waals surface area contributed by atoms with Gasteiger partial charge in [0.1, 0.15) is 11.4 Å². The molecule has 0 spiro atoms. The summed E-state index contributed by atoms with van der Waals surface area (Å²) < 4.78 is 14.3. The van der Waals surface area contributed by atoms with Gasteiger partial charge in [-0.25, -0.2) is 14.5 Å². The number of nitriles is 1. The largest absolute Gasteiger partial charge is 0.444 e. The Morgan fingerprint density at radius 3 is 2.50 bits per heavy atom. The molecule has 1 unspecified atom stereocenters. The summed E-state index contributed by atoms with van der Waals surface area (Å²) in [6.45, 7) is 15.6. The van der Waals surface area contributed by atoms with Crippen molar-refractivity contribution < 1.29 is 14.3 Å². The van der Waals surface area contributed by atoms with E-state index in [1.807, 2.05) is 50.1 Å². The van der Waals surface area contributed by atoms with Crippen LogP contribution >= 0.6 is 0 Å². The third-order valence-corrected chi connectivity index (χ3v) is 14.1. The highest BCUT2D eigenvalue weighted by molar-refractivity contribution is 5.95. The standard InChI is InChI=1S/C47H62N10O3/c1-32-25-39-37(27-49-57(39)40-15-11-12-24-59-40)41(33(32)2)53-21-16-36-38(30-53)50-43(55-28-35(29-55)47(17-18-47)52(6)7)51-42(36)54-22-23-56(44(58)60-45(3,4)5)46(31-54,19-20-48)26-34-13-9-8-10-14-34/h8-10,13-14,25,27,35,40H,11-12,15-19,21-24,26,28-31H2,1-7H3/t40?,46-/m1/s1. The summed E-state index contributed by atoms with van der Waals surface area (Å²) in [5.74, 6) is 2.28. The highest BCUT2D eigenvalue weighted by atomic mass is 16.6. The predicted molar refractivity (Wildman–Crippen MR) is 234 cm³/mol. The molecule has 318 valence electrons. The molecule has 0 radical (unpaired) electrons. The van der Waals surface area contributed by atoms with E-state index in [1.54, 1.807) is 0 Å². The summed E-state index contributed by atoms with van der Waals surface area (Å²) >= 11 is 0. The van der Waals surface area contributed by atoms with E-state index in [9.17, 15) is 10.1 Å². The maximum Gasteiger partial charge on any atom is 0.410 e. The van der Waals surface area contributed by atoms with Crippen molar-refractivity contribution in [1.29, 1.82) is 5.26 Å². The number of amides is 1. The number of carbonyl (C=O) groups is 1. The third kappa shape index (κ3) is 7.33. The van der Waals surface area contributed by atoms with E-state index < -0.39 is 11.1 Å². The van der Waals surface area contributed by atoms with Crippen molar-refractivity contribution in [3.05, 3.63) is 70.5 Å². The SMILES string of the molecule is Cc1cc2c(cnn2C2CCCCO2)c(N2CCc3c(nc(N4CC(C5(N(C)C)CC5)C4)nc3N3CCN(C(=O)OC(C)(C)C)[C@](CC#N)(Cc4ccccc4)C3)C2)c1C. The first-order valence-corrected chi connectivity index (χ1v) is 22.1. The van der Waals surface area contributed by atoms with Crippen molar-refractivity contribution in [2.75, 3.05) is 74.7 Å². The van der Waals surface area contributed by atoms with Crippen LogP contribution in [0.5, 0.6) is 0 Å². The molecule has 1 saturated carbocycles. The molecule has 13 heteroatoms. The second-order valence-corrected chi connectivity index (χ2v) is 19.3. The number of benzene rings is 2. The Hall–Kier alpha value is -4.93. The molecular weight excluding hydrogens is 753 g/mol. The number of hydrogen-bond donors (Lipinski definition) is 0. The van der Waals surface area contributed by atoms with Crippen molar-refractivity contribution in [3.63, 3.8) is 0 Å². The minimum Gasteiger partial charge on any atom is -0.444 e. The van der Waals surface area contributed by atoms with E-state index in [2.05, 4.69) is 76.5 Å². The predicted octanol–water partition coefficient (Wildman–Crippen LogP) is 7.19. The molecule has 1 aliphatic carbocycles. The van der Waals surface area contributed by atoms with Crippen molar-refractivity contribution in [3.8, 4) is 6.07 Å². The smallest absolute Gasteiger partial charge is 0.410 e. The van der Waals surface area contributed by atoms with Gasteiger partial charge in [0.25, 0.3) is 0 Å². The lowest BCUT2D eigenvalue weighted by molar-refractivity contribution is -0.0366. The fourth-order valence-corrected chi connectivity index (χ4v) is 10.5. The van der Waals surface area contributed by atoms with Gasteiger partial charge in [0, 0.05) is 68.3 Å². The monoisotopic (exact) mass is 815 g/mol. The number of anilines is 3. The normalized spacial score (nSPS) is 23.1. The number of ether oxygens (including phenoxy) is 2. The number of aryl methyl sites for hydroxylation is 1. The summed E-state index contributed by atoms with van der Waals surface area (Å²) in [4.78, 5) is 36.4. The fourth-order valence-electron chi connectivity index (χ4n) is 10.5. The quantitative estimate of drug-likeness (QED) is 0.171. The van der Waals surface area contributed by atoms with Crippen LogP contribution in [0.1, 0.15) is 93.5 Å². The first kappa shape index (κ1) is 40.5. The van der Waals surface area contributed by atoms with Gasteiger partial charge in [0.2, 0.25) is 5.95 Å². The van der Waals surface area contributed by atoms with Crippen LogP contribution < -0.4 is 14.7 Å². The van der Waals surface area contributed by atoms with Crippen LogP contribution in [0.25, 0.3) is 10.9 Å². The fraction of sp³-hybridized carbons (Fsp3) is 0.596. The van der Waals surface area contributed by atoms with Crippen LogP contribution in [-0.2, 0) is 28.9 Å². The van der Waals surface area contributed by atoms with E-state index in [0.29, 0.717) is 38.5 Å². The highest BCUT2D eigenvalue weighted by Crippen LogP contribution is 2.50. The first-order chi connectivity index (χ1) is 28.8. The summed E-state index contributed by atoms with van der Waals surface area (Å²) in [6.07, 6.45) is 8.75. The van der Waals surface area contributed by atoms with Crippen LogP contribution in [0.2, 0.25) is 0 Å². The van der Waals surface area contributed by atoms with Gasteiger partial charge in [0.15, 0.2) is 6.23 Å². The second-order valence-electron chi connectivity index (χ2n) is 19.3. The van der Waals surface area contributed by atoms with Crippen molar-refractivity contribution in [2.45, 2.75) is 115 Å². The van der Waals surface area contributed by atoms with E-state index in [4.69, 9.17) is 24.5 Å². The van der Waals surface area contributed by atoms with E-state index in [1.165, 1.54) is 29.7 Å². The Morgan fingerprint density at radius 2 is 1.82 bits per heavy atom. The van der Waals surface area contributed by atoms with Crippen molar-refractivity contribution in [1.82, 2.24) is 29.5 Å². The molecule has 2 atom stereocenters. The zero-order chi connectivity index (χ0) is 42.0. The molecule has 4 aromatic rings. The van der Waals surface area contributed by atoms with E-state index >= 15 is 0 Å². The first-order valence-electron chi connectivity index (χ1n) is 22.1. The van der Waals surface area contributed by atoms with Gasteiger partial charge < -0.3 is 29.1 Å². The Labute approximate surface area is 355 Å². The Balaban J connectivity index is 1.10. The average molecular weight is 815 g/mol. The Bertz CT molecular complexity index is 2280. The molecule has 3 saturated heterocycles. The molecule has 2 aromatic carbocycles. The molecule has 4 aliphatic heterocycles. The second kappa shape index (κ2) is 15.5. The van der Waals surface area contributed by atoms with E-state index in [0.717, 1.165) is 91.4 Å². The van der Waals surface area contributed by atoms with Crippen LogP contribution in [0.4, 0.5) is 22.2 Å². The number of nitrogens with zero attached hydrogens (tertiary/aromatic N) is 10. The number of piperazine rings is 1. The van der Waals surface area contributed by atoms with Crippen molar-refractivity contribution in [2.24, 2.45) is 5.92 Å². The van der Waals surface area contributed by atoms with Crippen LogP contribution in [0.15, 0.2) is 42.6 Å². The van der Waals surface area contributed by atoms with Crippen molar-refractivity contribution >= 4 is 34.4 Å². The molecule has 0 N–H and O–H groups in total. The molecule has 2 aromatic heterocycles. The van der Waals surface area contributed by atoms with Crippen LogP contribution in [-0.4, -0.2) is 112 Å². The molecule has 1 amide bonds. The van der Waals surface area contributed by atoms with Gasteiger partial charge in [-0.3, -0.25) is 4.90 Å². The highest BCUT2D eigenvalue weighted by Gasteiger charge is 2.55. The zero-order valence-electron chi connectivity index (χ0n) is 36.7. The van der Waals surface area contributed by atoms with Gasteiger partial charge in [-0.2, -0.15) is 15.3 Å². The molecule has 6 heterocycles. The number of carbonyl (C=O) groups excluding carboxylic acids is 1. The summed E-state index contributed by atoms with van der Waals surface area (Å²) in [5, 5.41) is 16.5. The molecule has 60 heavy (non-hydrogen) atoms. The topological polar surface area (TPSA) is 119 Å². The zero-order valence-corrected chi connectivity index (χ0v) is 36.7. The minimum absolute atomic E-state index is 0.0420. The van der Waals surface area contributed by atoms with Gasteiger partial charge in [-0.15, -0.1) is 0 Å². The lowest BCUT2D eigenvalue weighted by Crippen LogP contribution is -2.66. The number of rotatable bonds is 9. The Morgan fingerprint density at radius 1 is 1.03 bits per heavy atom. The molecular formula is C47H62N10O3. The third-order valence-electron chi connectivity index (χ3n) is 14.1. The number of hydrogen-bond acceptors (Lipinski definition) is 11. The molecule has 9 rings (SSSR count). The summed E-state index contributed by atoms with van der Waals surface area (Å²) in [7, 11) is 4.43. The van der Waals surface area contributed by atoms with Crippen LogP contribution in [0.3, 0.4) is 0 Å². The average Bonchev–Trinajstić information content (AvgIpc) is 3.90. The lowest BCUT2D eigenvalue weighted by Gasteiger charge is -2.51. The van der Waals surface area contributed by atoms with Crippen LogP contribution in [0, 0.1) is 31.1 Å².